The van der Waals surface area contributed by atoms with Crippen LogP contribution in [0.1, 0.15) is 17.1 Å². The molecule has 1 amide bonds. The van der Waals surface area contributed by atoms with Crippen molar-refractivity contribution in [1.82, 2.24) is 0 Å². The van der Waals surface area contributed by atoms with Crippen LogP contribution in [0.5, 0.6) is 0 Å². The molecule has 1 N–H and O–H groups in total. The normalized spacial score (nSPS) is 11.9. The molecule has 0 bridgehead atoms. The number of rotatable bonds is 5. The number of carbonyl (C=O) groups is 2. The van der Waals surface area contributed by atoms with Crippen molar-refractivity contribution < 1.29 is 14.0 Å². The number of benzene rings is 1. The molecule has 5 nitrogen and oxygen atoms in total. The lowest BCUT2D eigenvalue weighted by Crippen LogP contribution is -2.27. The number of ketones is 1. The third-order valence-corrected chi connectivity index (χ3v) is 3.13. The Morgan fingerprint density at radius 1 is 1.26 bits per heavy atom. The zero-order valence-corrected chi connectivity index (χ0v) is 12.9. The van der Waals surface area contributed by atoms with Gasteiger partial charge in [-0.05, 0) is 55.8 Å². The molecule has 0 spiro atoms. The second kappa shape index (κ2) is 7.23. The van der Waals surface area contributed by atoms with Crippen molar-refractivity contribution in [2.45, 2.75) is 13.8 Å². The van der Waals surface area contributed by atoms with Crippen molar-refractivity contribution in [1.29, 1.82) is 5.26 Å². The highest BCUT2D eigenvalue weighted by atomic mass is 16.3. The van der Waals surface area contributed by atoms with E-state index < -0.39 is 17.6 Å². The Kier molecular flexibility index (Phi) is 5.11. The van der Waals surface area contributed by atoms with E-state index in [1.54, 1.807) is 43.3 Å². The van der Waals surface area contributed by atoms with Gasteiger partial charge in [0.1, 0.15) is 11.5 Å². The molecule has 0 unspecified atom stereocenters. The Balaban J connectivity index is 2.06. The average Bonchev–Trinajstić information content (AvgIpc) is 2.91. The fourth-order valence-corrected chi connectivity index (χ4v) is 1.99. The third kappa shape index (κ3) is 4.42. The molecule has 0 aliphatic rings. The molecule has 0 aliphatic heterocycles. The van der Waals surface area contributed by atoms with Gasteiger partial charge in [-0.1, -0.05) is 12.1 Å². The summed E-state index contributed by atoms with van der Waals surface area (Å²) in [6.07, 6.45) is 2.63. The molecule has 1 aromatic heterocycles. The van der Waals surface area contributed by atoms with Crippen LogP contribution in [-0.4, -0.2) is 11.7 Å². The number of hydrogen-bond donors (Lipinski definition) is 1. The van der Waals surface area contributed by atoms with Gasteiger partial charge in [0.05, 0.1) is 6.07 Å². The summed E-state index contributed by atoms with van der Waals surface area (Å²) in [5, 5.41) is 11.7. The van der Waals surface area contributed by atoms with Gasteiger partial charge < -0.3 is 9.73 Å². The number of allylic oxidation sites excluding steroid dienone is 1. The fourth-order valence-electron chi connectivity index (χ4n) is 1.99. The maximum atomic E-state index is 12.1. The van der Waals surface area contributed by atoms with E-state index in [1.165, 1.54) is 12.2 Å². The van der Waals surface area contributed by atoms with Gasteiger partial charge in [-0.2, -0.15) is 5.26 Å². The summed E-state index contributed by atoms with van der Waals surface area (Å²) in [5.41, 5.74) is 1.52. The summed E-state index contributed by atoms with van der Waals surface area (Å²) in [6.45, 7) is 3.67. The molecule has 0 fully saturated rings. The van der Waals surface area contributed by atoms with Crippen LogP contribution in [0.15, 0.2) is 46.9 Å². The van der Waals surface area contributed by atoms with E-state index in [4.69, 9.17) is 9.68 Å². The summed E-state index contributed by atoms with van der Waals surface area (Å²) >= 11 is 0. The minimum Gasteiger partial charge on any atom is -0.462 e. The average molecular weight is 308 g/mol. The van der Waals surface area contributed by atoms with E-state index in [0.717, 1.165) is 5.56 Å². The quantitative estimate of drug-likeness (QED) is 0.679. The van der Waals surface area contributed by atoms with Gasteiger partial charge in [-0.25, -0.2) is 0 Å². The molecule has 0 radical (unpaired) electrons. The van der Waals surface area contributed by atoms with Gasteiger partial charge in [-0.15, -0.1) is 0 Å². The van der Waals surface area contributed by atoms with Gasteiger partial charge in [0.2, 0.25) is 5.91 Å². The predicted octanol–water partition coefficient (Wildman–Crippen LogP) is 3.26. The van der Waals surface area contributed by atoms with Gasteiger partial charge >= 0.3 is 0 Å². The number of aryl methyl sites for hydroxylation is 2. The first-order valence-electron chi connectivity index (χ1n) is 7.05. The maximum absolute atomic E-state index is 12.1. The van der Waals surface area contributed by atoms with Crippen molar-refractivity contribution in [2.75, 3.05) is 5.32 Å². The predicted molar refractivity (Wildman–Crippen MR) is 86.4 cm³/mol. The molecule has 116 valence electrons. The van der Waals surface area contributed by atoms with Crippen LogP contribution in [0.25, 0.3) is 6.08 Å². The molecule has 23 heavy (non-hydrogen) atoms. The SMILES string of the molecule is Cc1cccc(NC(=O)[C@@H](C#N)C(=O)/C=C\c2ccc(C)o2)c1. The lowest BCUT2D eigenvalue weighted by Gasteiger charge is -2.08. The third-order valence-electron chi connectivity index (χ3n) is 3.13. The van der Waals surface area contributed by atoms with Gasteiger partial charge in [0.25, 0.3) is 0 Å². The van der Waals surface area contributed by atoms with Crippen LogP contribution in [0.2, 0.25) is 0 Å². The topological polar surface area (TPSA) is 83.1 Å². The summed E-state index contributed by atoms with van der Waals surface area (Å²) in [5.74, 6) is -1.43. The number of furan rings is 1. The minimum atomic E-state index is -1.40. The van der Waals surface area contributed by atoms with Gasteiger partial charge in [0, 0.05) is 5.69 Å². The Hall–Kier alpha value is -3.13. The first kappa shape index (κ1) is 16.2. The van der Waals surface area contributed by atoms with Crippen molar-refractivity contribution in [3.63, 3.8) is 0 Å². The first-order valence-corrected chi connectivity index (χ1v) is 7.05. The first-order chi connectivity index (χ1) is 11.0. The molecule has 0 saturated heterocycles. The molecule has 5 heteroatoms. The zero-order chi connectivity index (χ0) is 16.8. The van der Waals surface area contributed by atoms with E-state index in [9.17, 15) is 9.59 Å². The molecule has 0 saturated carbocycles. The fraction of sp³-hybridized carbons (Fsp3) is 0.167. The minimum absolute atomic E-state index is 0.492. The summed E-state index contributed by atoms with van der Waals surface area (Å²) in [6, 6.07) is 12.3. The van der Waals surface area contributed by atoms with Crippen LogP contribution in [-0.2, 0) is 9.59 Å². The van der Waals surface area contributed by atoms with Gasteiger partial charge in [-0.3, -0.25) is 9.59 Å². The van der Waals surface area contributed by atoms with Crippen molar-refractivity contribution in [2.24, 2.45) is 5.92 Å². The molecule has 1 atom stereocenters. The second-order valence-electron chi connectivity index (χ2n) is 5.10. The van der Waals surface area contributed by atoms with Crippen molar-refractivity contribution >= 4 is 23.5 Å². The van der Waals surface area contributed by atoms with Crippen LogP contribution in [0, 0.1) is 31.1 Å². The van der Waals surface area contributed by atoms with Crippen molar-refractivity contribution in [3.05, 3.63) is 59.6 Å². The maximum Gasteiger partial charge on any atom is 0.249 e. The number of hydrogen-bond acceptors (Lipinski definition) is 4. The number of nitriles is 1. The molecule has 0 aliphatic carbocycles. The Morgan fingerprint density at radius 2 is 2.04 bits per heavy atom. The van der Waals surface area contributed by atoms with E-state index in [2.05, 4.69) is 5.32 Å². The highest BCUT2D eigenvalue weighted by Gasteiger charge is 2.24. The number of anilines is 1. The lowest BCUT2D eigenvalue weighted by molar-refractivity contribution is -0.126. The highest BCUT2D eigenvalue weighted by Crippen LogP contribution is 2.13. The van der Waals surface area contributed by atoms with E-state index in [1.807, 2.05) is 13.0 Å². The molecule has 1 aromatic carbocycles. The smallest absolute Gasteiger partial charge is 0.249 e. The zero-order valence-electron chi connectivity index (χ0n) is 12.9. The number of nitrogens with zero attached hydrogens (tertiary/aromatic N) is 1. The summed E-state index contributed by atoms with van der Waals surface area (Å²) in [7, 11) is 0. The van der Waals surface area contributed by atoms with E-state index in [-0.39, 0.29) is 0 Å². The van der Waals surface area contributed by atoms with Crippen LogP contribution in [0.3, 0.4) is 0 Å². The summed E-state index contributed by atoms with van der Waals surface area (Å²) in [4.78, 5) is 24.1. The van der Waals surface area contributed by atoms with Crippen LogP contribution >= 0.6 is 0 Å². The number of carbonyl (C=O) groups excluding carboxylic acids is 2. The molecule has 2 rings (SSSR count). The molecular weight excluding hydrogens is 292 g/mol. The largest absolute Gasteiger partial charge is 0.462 e. The van der Waals surface area contributed by atoms with Gasteiger partial charge in [0.15, 0.2) is 11.7 Å². The molecule has 1 heterocycles. The van der Waals surface area contributed by atoms with E-state index >= 15 is 0 Å². The van der Waals surface area contributed by atoms with Crippen molar-refractivity contribution in [3.8, 4) is 6.07 Å². The Labute approximate surface area is 134 Å². The molecule has 2 aromatic rings. The van der Waals surface area contributed by atoms with Crippen LogP contribution in [0.4, 0.5) is 5.69 Å². The Morgan fingerprint density at radius 3 is 2.65 bits per heavy atom. The van der Waals surface area contributed by atoms with E-state index in [0.29, 0.717) is 17.2 Å². The van der Waals surface area contributed by atoms with Crippen LogP contribution < -0.4 is 5.32 Å². The highest BCUT2D eigenvalue weighted by molar-refractivity contribution is 6.14. The summed E-state index contributed by atoms with van der Waals surface area (Å²) < 4.78 is 5.29. The Bertz CT molecular complexity index is 797. The second-order valence-corrected chi connectivity index (χ2v) is 5.10. The number of nitrogens with one attached hydrogen (secondary N) is 1. The monoisotopic (exact) mass is 308 g/mol. The standard InChI is InChI=1S/C18H16N2O3/c1-12-4-3-5-14(10-12)20-18(22)16(11-19)17(21)9-8-15-7-6-13(2)23-15/h3-10,16H,1-2H3,(H,20,22)/b9-8-/t16-/m0/s1. The molecular formula is C18H16N2O3. The number of amides is 1. The lowest BCUT2D eigenvalue weighted by atomic mass is 10.0.